The minimum Gasteiger partial charge on any atom is -0.367 e. The fourth-order valence-electron chi connectivity index (χ4n) is 10.4. The third-order valence-electron chi connectivity index (χ3n) is 12.2. The van der Waals surface area contributed by atoms with Gasteiger partial charge in [-0.25, -0.2) is 0 Å². The summed E-state index contributed by atoms with van der Waals surface area (Å²) in [6.45, 7) is 15.8. The SMILES string of the molecule is CC(C)CCC[C@@H](C)[C@H]1CC[C@H]2[C@@H]3CC[C@H]4C[C@@]5(C)OCCO[C@@]5(O)C[C@]4(C)[C@H]3CC[C@]12C. The zero-order valence-corrected chi connectivity index (χ0v) is 22.5. The molecular formula is C30H52O3. The highest BCUT2D eigenvalue weighted by molar-refractivity contribution is 5.14. The van der Waals surface area contributed by atoms with Crippen LogP contribution in [-0.2, 0) is 9.47 Å². The smallest absolute Gasteiger partial charge is 0.195 e. The van der Waals surface area contributed by atoms with E-state index in [-0.39, 0.29) is 5.41 Å². The predicted octanol–water partition coefficient (Wildman–Crippen LogP) is 7.21. The normalized spacial score (nSPS) is 52.5. The van der Waals surface area contributed by atoms with Gasteiger partial charge in [-0.3, -0.25) is 0 Å². The molecule has 5 aliphatic rings. The molecular weight excluding hydrogens is 408 g/mol. The number of fused-ring (bicyclic) bond motifs is 6. The van der Waals surface area contributed by atoms with Crippen LogP contribution in [-0.4, -0.2) is 29.7 Å². The average Bonchev–Trinajstić information content (AvgIpc) is 3.09. The second-order valence-corrected chi connectivity index (χ2v) is 14.3. The molecule has 10 atom stereocenters. The zero-order chi connectivity index (χ0) is 23.6. The van der Waals surface area contributed by atoms with Gasteiger partial charge >= 0.3 is 0 Å². The topological polar surface area (TPSA) is 38.7 Å². The van der Waals surface area contributed by atoms with E-state index in [1.165, 1.54) is 57.8 Å². The van der Waals surface area contributed by atoms with E-state index in [1.807, 2.05) is 0 Å². The third kappa shape index (κ3) is 3.77. The number of hydrogen-bond acceptors (Lipinski definition) is 3. The molecule has 5 rings (SSSR count). The summed E-state index contributed by atoms with van der Waals surface area (Å²) in [7, 11) is 0. The first-order chi connectivity index (χ1) is 15.5. The maximum absolute atomic E-state index is 11.7. The molecule has 0 radical (unpaired) electrons. The molecule has 1 aliphatic heterocycles. The van der Waals surface area contributed by atoms with Crippen molar-refractivity contribution < 1.29 is 14.6 Å². The first-order valence-corrected chi connectivity index (χ1v) is 14.5. The van der Waals surface area contributed by atoms with Crippen LogP contribution in [0.25, 0.3) is 0 Å². The summed E-state index contributed by atoms with van der Waals surface area (Å²) in [5.41, 5.74) is 0.182. The van der Waals surface area contributed by atoms with Crippen molar-refractivity contribution in [3.63, 3.8) is 0 Å². The van der Waals surface area contributed by atoms with Gasteiger partial charge in [-0.05, 0) is 104 Å². The van der Waals surface area contributed by atoms with Crippen LogP contribution in [0.5, 0.6) is 0 Å². The van der Waals surface area contributed by atoms with E-state index in [1.54, 1.807) is 0 Å². The Kier molecular flexibility index (Phi) is 6.31. The van der Waals surface area contributed by atoms with Crippen molar-refractivity contribution in [3.8, 4) is 0 Å². The Bertz CT molecular complexity index is 721. The lowest BCUT2D eigenvalue weighted by Crippen LogP contribution is -2.69. The van der Waals surface area contributed by atoms with Gasteiger partial charge in [0.15, 0.2) is 5.79 Å². The van der Waals surface area contributed by atoms with E-state index < -0.39 is 11.4 Å². The molecule has 0 amide bonds. The Morgan fingerprint density at radius 3 is 2.33 bits per heavy atom. The van der Waals surface area contributed by atoms with E-state index >= 15 is 0 Å². The highest BCUT2D eigenvalue weighted by Gasteiger charge is 2.67. The number of hydrogen-bond donors (Lipinski definition) is 1. The summed E-state index contributed by atoms with van der Waals surface area (Å²) in [6, 6.07) is 0. The molecule has 0 aromatic rings. The van der Waals surface area contributed by atoms with Gasteiger partial charge < -0.3 is 14.6 Å². The van der Waals surface area contributed by atoms with Crippen molar-refractivity contribution in [3.05, 3.63) is 0 Å². The number of aliphatic hydroxyl groups is 1. The average molecular weight is 461 g/mol. The molecule has 3 nitrogen and oxygen atoms in total. The van der Waals surface area contributed by atoms with Crippen molar-refractivity contribution in [1.29, 1.82) is 0 Å². The van der Waals surface area contributed by atoms with Gasteiger partial charge in [0, 0.05) is 6.42 Å². The van der Waals surface area contributed by atoms with Crippen molar-refractivity contribution in [1.82, 2.24) is 0 Å². The first-order valence-electron chi connectivity index (χ1n) is 14.5. The molecule has 5 fully saturated rings. The maximum Gasteiger partial charge on any atom is 0.195 e. The lowest BCUT2D eigenvalue weighted by molar-refractivity contribution is -0.384. The van der Waals surface area contributed by atoms with Crippen LogP contribution in [0.4, 0.5) is 0 Å². The molecule has 1 N–H and O–H groups in total. The van der Waals surface area contributed by atoms with Gasteiger partial charge in [0.05, 0.1) is 13.2 Å². The van der Waals surface area contributed by atoms with Crippen molar-refractivity contribution >= 4 is 0 Å². The molecule has 3 heteroatoms. The molecule has 0 aromatic carbocycles. The van der Waals surface area contributed by atoms with Gasteiger partial charge in [-0.15, -0.1) is 0 Å². The van der Waals surface area contributed by atoms with Crippen molar-refractivity contribution in [2.75, 3.05) is 13.2 Å². The summed E-state index contributed by atoms with van der Waals surface area (Å²) < 4.78 is 12.3. The summed E-state index contributed by atoms with van der Waals surface area (Å²) in [5.74, 6) is 4.63. The van der Waals surface area contributed by atoms with E-state index in [2.05, 4.69) is 41.5 Å². The Hall–Kier alpha value is -0.120. The fraction of sp³-hybridized carbons (Fsp3) is 1.00. The quantitative estimate of drug-likeness (QED) is 0.471. The summed E-state index contributed by atoms with van der Waals surface area (Å²) in [4.78, 5) is 0. The van der Waals surface area contributed by atoms with Gasteiger partial charge in [0.25, 0.3) is 0 Å². The molecule has 0 bridgehead atoms. The fourth-order valence-corrected chi connectivity index (χ4v) is 10.4. The first kappa shape index (κ1) is 24.6. The highest BCUT2D eigenvalue weighted by atomic mass is 16.7. The molecule has 190 valence electrons. The van der Waals surface area contributed by atoms with Crippen LogP contribution < -0.4 is 0 Å². The standard InChI is InChI=1S/C30H52O3/c1-20(2)8-7-9-21(3)24-12-13-25-23-11-10-22-18-29(6)30(31,33-17-16-32-29)19-28(22,5)26(23)14-15-27(24,25)4/h20-26,31H,7-19H2,1-6H3/t21-,22+,23+,24-,25+,26+,27-,28+,29-,30+/m1/s1. The van der Waals surface area contributed by atoms with E-state index in [9.17, 15) is 5.11 Å². The Labute approximate surface area is 203 Å². The predicted molar refractivity (Wildman–Crippen MR) is 134 cm³/mol. The van der Waals surface area contributed by atoms with Crippen molar-refractivity contribution in [2.24, 2.45) is 52.3 Å². The minimum absolute atomic E-state index is 0.181. The van der Waals surface area contributed by atoms with Gasteiger partial charge in [0.2, 0.25) is 0 Å². The summed E-state index contributed by atoms with van der Waals surface area (Å²) >= 11 is 0. The van der Waals surface area contributed by atoms with Crippen LogP contribution in [0.1, 0.15) is 112 Å². The molecule has 4 saturated carbocycles. The van der Waals surface area contributed by atoms with Crippen LogP contribution in [0.3, 0.4) is 0 Å². The number of rotatable bonds is 5. The number of ether oxygens (including phenoxy) is 2. The molecule has 0 aromatic heterocycles. The van der Waals surface area contributed by atoms with Crippen LogP contribution >= 0.6 is 0 Å². The third-order valence-corrected chi connectivity index (χ3v) is 12.2. The van der Waals surface area contributed by atoms with Gasteiger partial charge in [-0.1, -0.05) is 53.9 Å². The van der Waals surface area contributed by atoms with Crippen LogP contribution in [0.2, 0.25) is 0 Å². The van der Waals surface area contributed by atoms with E-state index in [4.69, 9.17) is 9.47 Å². The van der Waals surface area contributed by atoms with Crippen LogP contribution in [0, 0.1) is 52.3 Å². The second kappa shape index (κ2) is 8.48. The zero-order valence-electron chi connectivity index (χ0n) is 22.5. The van der Waals surface area contributed by atoms with Crippen molar-refractivity contribution in [2.45, 2.75) is 124 Å². The van der Waals surface area contributed by atoms with Gasteiger partial charge in [0.1, 0.15) is 5.60 Å². The molecule has 33 heavy (non-hydrogen) atoms. The molecule has 1 heterocycles. The molecule has 0 spiro atoms. The maximum atomic E-state index is 11.7. The Morgan fingerprint density at radius 2 is 1.58 bits per heavy atom. The Morgan fingerprint density at radius 1 is 0.848 bits per heavy atom. The summed E-state index contributed by atoms with van der Waals surface area (Å²) in [5, 5.41) is 11.7. The second-order valence-electron chi connectivity index (χ2n) is 14.3. The van der Waals surface area contributed by atoms with E-state index in [0.29, 0.717) is 24.5 Å². The van der Waals surface area contributed by atoms with Crippen LogP contribution in [0.15, 0.2) is 0 Å². The van der Waals surface area contributed by atoms with Gasteiger partial charge in [-0.2, -0.15) is 0 Å². The molecule has 0 unspecified atom stereocenters. The minimum atomic E-state index is -1.11. The molecule has 1 saturated heterocycles. The highest BCUT2D eigenvalue weighted by Crippen LogP contribution is 2.70. The monoisotopic (exact) mass is 460 g/mol. The van der Waals surface area contributed by atoms with E-state index in [0.717, 1.165) is 48.3 Å². The lowest BCUT2D eigenvalue weighted by Gasteiger charge is -2.66. The lowest BCUT2D eigenvalue weighted by atomic mass is 9.43. The largest absolute Gasteiger partial charge is 0.367 e. The Balaban J connectivity index is 1.33. The molecule has 4 aliphatic carbocycles. The summed E-state index contributed by atoms with van der Waals surface area (Å²) in [6.07, 6.45) is 14.3.